The third-order valence-corrected chi connectivity index (χ3v) is 3.11. The predicted molar refractivity (Wildman–Crippen MR) is 75.4 cm³/mol. The zero-order valence-corrected chi connectivity index (χ0v) is 11.9. The maximum Gasteiger partial charge on any atom is 0.191 e. The Hall–Kier alpha value is -0.730. The van der Waals surface area contributed by atoms with Gasteiger partial charge < -0.3 is 10.6 Å². The molecule has 0 aromatic carbocycles. The van der Waals surface area contributed by atoms with Gasteiger partial charge in [-0.1, -0.05) is 13.8 Å². The van der Waals surface area contributed by atoms with E-state index in [1.54, 1.807) is 0 Å². The van der Waals surface area contributed by atoms with Crippen LogP contribution in [0.1, 0.15) is 53.4 Å². The molecule has 17 heavy (non-hydrogen) atoms. The van der Waals surface area contributed by atoms with Crippen LogP contribution in [0.2, 0.25) is 0 Å². The Kier molecular flexibility index (Phi) is 6.38. The van der Waals surface area contributed by atoms with Gasteiger partial charge in [-0.15, -0.1) is 0 Å². The molecule has 0 saturated heterocycles. The highest BCUT2D eigenvalue weighted by Gasteiger charge is 2.20. The molecule has 0 heterocycles. The molecule has 1 atom stereocenters. The maximum absolute atomic E-state index is 4.64. The molecule has 3 heteroatoms. The quantitative estimate of drug-likeness (QED) is 0.529. The lowest BCUT2D eigenvalue weighted by atomic mass is 10.0. The molecule has 1 aliphatic rings. The number of nitrogens with zero attached hydrogens (tertiary/aromatic N) is 1. The van der Waals surface area contributed by atoms with E-state index >= 15 is 0 Å². The van der Waals surface area contributed by atoms with Crippen LogP contribution >= 0.6 is 0 Å². The van der Waals surface area contributed by atoms with Crippen molar-refractivity contribution in [1.82, 2.24) is 10.6 Å². The summed E-state index contributed by atoms with van der Waals surface area (Å²) in [7, 11) is 0. The molecule has 1 fully saturated rings. The first-order chi connectivity index (χ1) is 8.11. The van der Waals surface area contributed by atoms with Crippen LogP contribution in [-0.2, 0) is 0 Å². The minimum absolute atomic E-state index is 0.509. The average Bonchev–Trinajstić information content (AvgIpc) is 3.07. The Bertz CT molecular complexity index is 232. The van der Waals surface area contributed by atoms with Gasteiger partial charge in [0, 0.05) is 19.1 Å². The van der Waals surface area contributed by atoms with Gasteiger partial charge in [0.2, 0.25) is 0 Å². The molecule has 3 nitrogen and oxygen atoms in total. The monoisotopic (exact) mass is 239 g/mol. The van der Waals surface area contributed by atoms with Crippen molar-refractivity contribution in [3.8, 4) is 0 Å². The second kappa shape index (κ2) is 7.57. The smallest absolute Gasteiger partial charge is 0.191 e. The highest BCUT2D eigenvalue weighted by Crippen LogP contribution is 2.28. The van der Waals surface area contributed by atoms with Crippen LogP contribution in [0.3, 0.4) is 0 Å². The minimum Gasteiger partial charge on any atom is -0.357 e. The van der Waals surface area contributed by atoms with Gasteiger partial charge in [0.05, 0.1) is 0 Å². The van der Waals surface area contributed by atoms with Crippen molar-refractivity contribution in [1.29, 1.82) is 0 Å². The summed E-state index contributed by atoms with van der Waals surface area (Å²) in [6.45, 7) is 10.8. The Morgan fingerprint density at radius 3 is 2.47 bits per heavy atom. The van der Waals surface area contributed by atoms with Crippen LogP contribution in [0, 0.1) is 11.8 Å². The Labute approximate surface area is 106 Å². The lowest BCUT2D eigenvalue weighted by Crippen LogP contribution is -2.42. The topological polar surface area (TPSA) is 36.4 Å². The summed E-state index contributed by atoms with van der Waals surface area (Å²) in [5, 5.41) is 6.82. The molecule has 0 radical (unpaired) electrons. The van der Waals surface area contributed by atoms with E-state index < -0.39 is 0 Å². The van der Waals surface area contributed by atoms with E-state index in [1.165, 1.54) is 25.7 Å². The van der Waals surface area contributed by atoms with Crippen molar-refractivity contribution in [3.63, 3.8) is 0 Å². The van der Waals surface area contributed by atoms with Gasteiger partial charge in [0.1, 0.15) is 0 Å². The number of hydrogen-bond donors (Lipinski definition) is 2. The van der Waals surface area contributed by atoms with E-state index in [9.17, 15) is 0 Å². The number of hydrogen-bond acceptors (Lipinski definition) is 1. The molecule has 0 aliphatic heterocycles. The molecule has 0 aromatic rings. The fourth-order valence-corrected chi connectivity index (χ4v) is 1.73. The summed E-state index contributed by atoms with van der Waals surface area (Å²) in [6.07, 6.45) is 5.22. The van der Waals surface area contributed by atoms with Crippen molar-refractivity contribution in [2.45, 2.75) is 59.4 Å². The molecule has 1 aliphatic carbocycles. The third kappa shape index (κ3) is 7.24. The molecule has 0 aromatic heterocycles. The molecule has 1 rings (SSSR count). The zero-order chi connectivity index (χ0) is 12.7. The average molecular weight is 239 g/mol. The molecule has 0 spiro atoms. The second-order valence-electron chi connectivity index (χ2n) is 5.68. The highest BCUT2D eigenvalue weighted by atomic mass is 15.2. The zero-order valence-electron chi connectivity index (χ0n) is 11.9. The lowest BCUT2D eigenvalue weighted by Gasteiger charge is -2.18. The van der Waals surface area contributed by atoms with E-state index in [1.807, 2.05) is 0 Å². The fourth-order valence-electron chi connectivity index (χ4n) is 1.73. The van der Waals surface area contributed by atoms with Crippen LogP contribution < -0.4 is 10.6 Å². The molecule has 0 amide bonds. The molecule has 0 bridgehead atoms. The fraction of sp³-hybridized carbons (Fsp3) is 0.929. The van der Waals surface area contributed by atoms with Gasteiger partial charge in [0.25, 0.3) is 0 Å². The number of guanidine groups is 1. The van der Waals surface area contributed by atoms with Crippen LogP contribution in [-0.4, -0.2) is 25.1 Å². The number of aliphatic imine (C=N–C) groups is 1. The maximum atomic E-state index is 4.64. The molecule has 1 unspecified atom stereocenters. The summed E-state index contributed by atoms with van der Waals surface area (Å²) >= 11 is 0. The molecule has 1 saturated carbocycles. The van der Waals surface area contributed by atoms with Gasteiger partial charge in [-0.2, -0.15) is 0 Å². The Morgan fingerprint density at radius 2 is 1.94 bits per heavy atom. The normalized spacial score (nSPS) is 18.3. The third-order valence-electron chi connectivity index (χ3n) is 3.11. The van der Waals surface area contributed by atoms with Crippen LogP contribution in [0.4, 0.5) is 0 Å². The number of nitrogens with one attached hydrogen (secondary N) is 2. The lowest BCUT2D eigenvalue weighted by molar-refractivity contribution is 0.489. The van der Waals surface area contributed by atoms with Crippen LogP contribution in [0.25, 0.3) is 0 Å². The Balaban J connectivity index is 2.27. The first kappa shape index (κ1) is 14.3. The van der Waals surface area contributed by atoms with Crippen LogP contribution in [0.5, 0.6) is 0 Å². The SMILES string of the molecule is CCNC(=NCC1CC1)NC(C)CCC(C)C. The van der Waals surface area contributed by atoms with E-state index in [0.717, 1.165) is 30.9 Å². The Morgan fingerprint density at radius 1 is 1.24 bits per heavy atom. The summed E-state index contributed by atoms with van der Waals surface area (Å²) in [4.78, 5) is 4.64. The van der Waals surface area contributed by atoms with E-state index in [0.29, 0.717) is 6.04 Å². The van der Waals surface area contributed by atoms with Gasteiger partial charge in [-0.3, -0.25) is 4.99 Å². The summed E-state index contributed by atoms with van der Waals surface area (Å²) in [5.74, 6) is 2.64. The van der Waals surface area contributed by atoms with Gasteiger partial charge >= 0.3 is 0 Å². The first-order valence-corrected chi connectivity index (χ1v) is 7.16. The second-order valence-corrected chi connectivity index (χ2v) is 5.68. The van der Waals surface area contributed by atoms with Gasteiger partial charge in [0.15, 0.2) is 5.96 Å². The standard InChI is InChI=1S/C14H29N3/c1-5-15-14(16-10-13-8-9-13)17-12(4)7-6-11(2)3/h11-13H,5-10H2,1-4H3,(H2,15,16,17). The molecule has 2 N–H and O–H groups in total. The molecular formula is C14H29N3. The largest absolute Gasteiger partial charge is 0.357 e. The van der Waals surface area contributed by atoms with Crippen molar-refractivity contribution in [2.75, 3.05) is 13.1 Å². The van der Waals surface area contributed by atoms with Crippen molar-refractivity contribution in [2.24, 2.45) is 16.8 Å². The van der Waals surface area contributed by atoms with E-state index in [4.69, 9.17) is 0 Å². The first-order valence-electron chi connectivity index (χ1n) is 7.16. The van der Waals surface area contributed by atoms with Gasteiger partial charge in [-0.05, 0) is 51.4 Å². The molecule has 100 valence electrons. The summed E-state index contributed by atoms with van der Waals surface area (Å²) in [5.41, 5.74) is 0. The van der Waals surface area contributed by atoms with Crippen molar-refractivity contribution in [3.05, 3.63) is 0 Å². The van der Waals surface area contributed by atoms with E-state index in [-0.39, 0.29) is 0 Å². The van der Waals surface area contributed by atoms with Crippen molar-refractivity contribution >= 4 is 5.96 Å². The summed E-state index contributed by atoms with van der Waals surface area (Å²) in [6, 6.07) is 0.509. The number of rotatable bonds is 7. The minimum atomic E-state index is 0.509. The van der Waals surface area contributed by atoms with Crippen LogP contribution in [0.15, 0.2) is 4.99 Å². The van der Waals surface area contributed by atoms with E-state index in [2.05, 4.69) is 43.3 Å². The molecular weight excluding hydrogens is 210 g/mol. The summed E-state index contributed by atoms with van der Waals surface area (Å²) < 4.78 is 0. The van der Waals surface area contributed by atoms with Gasteiger partial charge in [-0.25, -0.2) is 0 Å². The predicted octanol–water partition coefficient (Wildman–Crippen LogP) is 2.78. The van der Waals surface area contributed by atoms with Crippen molar-refractivity contribution < 1.29 is 0 Å². The highest BCUT2D eigenvalue weighted by molar-refractivity contribution is 5.80.